The van der Waals surface area contributed by atoms with Gasteiger partial charge in [-0.05, 0) is 28.1 Å². The minimum atomic E-state index is 0.650. The van der Waals surface area contributed by atoms with E-state index < -0.39 is 0 Å². The van der Waals surface area contributed by atoms with Crippen LogP contribution in [-0.2, 0) is 0 Å². The SMILES string of the molecule is O=Cc1ccccc1-c1ncccc1Br. The van der Waals surface area contributed by atoms with E-state index in [9.17, 15) is 4.79 Å². The molecule has 15 heavy (non-hydrogen) atoms. The van der Waals surface area contributed by atoms with Crippen molar-refractivity contribution in [2.45, 2.75) is 0 Å². The molecule has 0 aliphatic heterocycles. The molecule has 2 aromatic rings. The molecule has 0 unspecified atom stereocenters. The molecular formula is C12H8BrNO. The normalized spacial score (nSPS) is 9.93. The third-order valence-electron chi connectivity index (χ3n) is 2.10. The lowest BCUT2D eigenvalue weighted by molar-refractivity contribution is 0.112. The highest BCUT2D eigenvalue weighted by Gasteiger charge is 2.07. The Morgan fingerprint density at radius 2 is 1.93 bits per heavy atom. The second kappa shape index (κ2) is 4.36. The van der Waals surface area contributed by atoms with Gasteiger partial charge in [0.05, 0.1) is 5.69 Å². The fourth-order valence-corrected chi connectivity index (χ4v) is 1.87. The number of benzene rings is 1. The van der Waals surface area contributed by atoms with Crippen LogP contribution in [0.1, 0.15) is 10.4 Å². The van der Waals surface area contributed by atoms with E-state index in [2.05, 4.69) is 20.9 Å². The molecule has 0 bridgehead atoms. The maximum atomic E-state index is 10.9. The van der Waals surface area contributed by atoms with Crippen molar-refractivity contribution in [1.29, 1.82) is 0 Å². The third-order valence-corrected chi connectivity index (χ3v) is 2.74. The number of halogens is 1. The Morgan fingerprint density at radius 3 is 2.67 bits per heavy atom. The Bertz CT molecular complexity index is 496. The van der Waals surface area contributed by atoms with Gasteiger partial charge in [0.15, 0.2) is 6.29 Å². The third kappa shape index (κ3) is 1.97. The number of aldehydes is 1. The van der Waals surface area contributed by atoms with Gasteiger partial charge in [-0.3, -0.25) is 9.78 Å². The van der Waals surface area contributed by atoms with Gasteiger partial charge in [-0.25, -0.2) is 0 Å². The number of carbonyl (C=O) groups is 1. The predicted octanol–water partition coefficient (Wildman–Crippen LogP) is 3.32. The van der Waals surface area contributed by atoms with Crippen molar-refractivity contribution in [3.05, 3.63) is 52.6 Å². The number of rotatable bonds is 2. The van der Waals surface area contributed by atoms with Gasteiger partial charge in [-0.1, -0.05) is 24.3 Å². The molecule has 0 radical (unpaired) electrons. The Morgan fingerprint density at radius 1 is 1.13 bits per heavy atom. The summed E-state index contributed by atoms with van der Waals surface area (Å²) < 4.78 is 0.888. The highest BCUT2D eigenvalue weighted by molar-refractivity contribution is 9.10. The van der Waals surface area contributed by atoms with Crippen LogP contribution in [0, 0.1) is 0 Å². The molecule has 1 aromatic carbocycles. The summed E-state index contributed by atoms with van der Waals surface area (Å²) in [5, 5.41) is 0. The summed E-state index contributed by atoms with van der Waals surface area (Å²) in [7, 11) is 0. The monoisotopic (exact) mass is 261 g/mol. The second-order valence-corrected chi connectivity index (χ2v) is 3.89. The van der Waals surface area contributed by atoms with Crippen molar-refractivity contribution in [1.82, 2.24) is 4.98 Å². The first-order chi connectivity index (χ1) is 7.33. The molecule has 0 N–H and O–H groups in total. The maximum absolute atomic E-state index is 10.9. The zero-order chi connectivity index (χ0) is 10.7. The molecule has 0 atom stereocenters. The van der Waals surface area contributed by atoms with E-state index in [0.29, 0.717) is 5.56 Å². The quantitative estimate of drug-likeness (QED) is 0.777. The van der Waals surface area contributed by atoms with E-state index >= 15 is 0 Å². The molecule has 0 spiro atoms. The Labute approximate surface area is 96.1 Å². The van der Waals surface area contributed by atoms with Crippen LogP contribution >= 0.6 is 15.9 Å². The number of nitrogens with zero attached hydrogens (tertiary/aromatic N) is 1. The van der Waals surface area contributed by atoms with Crippen molar-refractivity contribution in [2.75, 3.05) is 0 Å². The van der Waals surface area contributed by atoms with Crippen LogP contribution in [0.25, 0.3) is 11.3 Å². The first-order valence-corrected chi connectivity index (χ1v) is 5.27. The molecule has 0 saturated carbocycles. The summed E-state index contributed by atoms with van der Waals surface area (Å²) in [6.07, 6.45) is 2.55. The molecule has 74 valence electrons. The summed E-state index contributed by atoms with van der Waals surface area (Å²) in [5.74, 6) is 0. The molecule has 2 rings (SSSR count). The van der Waals surface area contributed by atoms with Gasteiger partial charge in [-0.15, -0.1) is 0 Å². The smallest absolute Gasteiger partial charge is 0.150 e. The Kier molecular flexibility index (Phi) is 2.92. The van der Waals surface area contributed by atoms with E-state index in [1.165, 1.54) is 0 Å². The average Bonchev–Trinajstić information content (AvgIpc) is 2.30. The minimum absolute atomic E-state index is 0.650. The van der Waals surface area contributed by atoms with Crippen LogP contribution in [0.4, 0.5) is 0 Å². The summed E-state index contributed by atoms with van der Waals surface area (Å²) in [5.41, 5.74) is 2.29. The van der Waals surface area contributed by atoms with Crippen molar-refractivity contribution in [3.8, 4) is 11.3 Å². The van der Waals surface area contributed by atoms with Crippen molar-refractivity contribution >= 4 is 22.2 Å². The van der Waals surface area contributed by atoms with E-state index in [0.717, 1.165) is 22.0 Å². The van der Waals surface area contributed by atoms with E-state index in [1.54, 1.807) is 12.3 Å². The van der Waals surface area contributed by atoms with Gasteiger partial charge in [0.2, 0.25) is 0 Å². The van der Waals surface area contributed by atoms with Crippen LogP contribution in [-0.4, -0.2) is 11.3 Å². The number of carbonyl (C=O) groups excluding carboxylic acids is 1. The topological polar surface area (TPSA) is 30.0 Å². The number of pyridine rings is 1. The van der Waals surface area contributed by atoms with E-state index in [1.807, 2.05) is 30.3 Å². The second-order valence-electron chi connectivity index (χ2n) is 3.04. The lowest BCUT2D eigenvalue weighted by atomic mass is 10.1. The molecule has 2 nitrogen and oxygen atoms in total. The van der Waals surface area contributed by atoms with Gasteiger partial charge in [0, 0.05) is 21.8 Å². The van der Waals surface area contributed by atoms with E-state index in [4.69, 9.17) is 0 Å². The van der Waals surface area contributed by atoms with Crippen LogP contribution in [0.3, 0.4) is 0 Å². The van der Waals surface area contributed by atoms with Gasteiger partial charge in [-0.2, -0.15) is 0 Å². The van der Waals surface area contributed by atoms with Crippen LogP contribution in [0.15, 0.2) is 47.1 Å². The molecule has 0 aliphatic carbocycles. The fourth-order valence-electron chi connectivity index (χ4n) is 1.40. The lowest BCUT2D eigenvalue weighted by Crippen LogP contribution is -1.90. The summed E-state index contributed by atoms with van der Waals surface area (Å²) >= 11 is 3.42. The predicted molar refractivity (Wildman–Crippen MR) is 62.8 cm³/mol. The molecule has 1 heterocycles. The standard InChI is InChI=1S/C12H8BrNO/c13-11-6-3-7-14-12(11)10-5-2-1-4-9(10)8-15/h1-8H. The molecule has 1 aromatic heterocycles. The summed E-state index contributed by atoms with van der Waals surface area (Å²) in [6.45, 7) is 0. The minimum Gasteiger partial charge on any atom is -0.298 e. The van der Waals surface area contributed by atoms with Crippen LogP contribution < -0.4 is 0 Å². The van der Waals surface area contributed by atoms with Gasteiger partial charge >= 0.3 is 0 Å². The van der Waals surface area contributed by atoms with E-state index in [-0.39, 0.29) is 0 Å². The maximum Gasteiger partial charge on any atom is 0.150 e. The molecule has 0 aliphatic rings. The number of aromatic nitrogens is 1. The summed E-state index contributed by atoms with van der Waals surface area (Å²) in [4.78, 5) is 15.1. The molecule has 0 amide bonds. The first kappa shape index (κ1) is 10.1. The van der Waals surface area contributed by atoms with Crippen molar-refractivity contribution < 1.29 is 4.79 Å². The average molecular weight is 262 g/mol. The highest BCUT2D eigenvalue weighted by atomic mass is 79.9. The fraction of sp³-hybridized carbons (Fsp3) is 0. The Balaban J connectivity index is 2.64. The molecule has 0 saturated heterocycles. The highest BCUT2D eigenvalue weighted by Crippen LogP contribution is 2.27. The van der Waals surface area contributed by atoms with Crippen LogP contribution in [0.2, 0.25) is 0 Å². The summed E-state index contributed by atoms with van der Waals surface area (Å²) in [6, 6.07) is 11.1. The zero-order valence-corrected chi connectivity index (χ0v) is 9.44. The van der Waals surface area contributed by atoms with Gasteiger partial charge in [0.25, 0.3) is 0 Å². The number of hydrogen-bond acceptors (Lipinski definition) is 2. The Hall–Kier alpha value is -1.48. The van der Waals surface area contributed by atoms with Crippen LogP contribution in [0.5, 0.6) is 0 Å². The number of hydrogen-bond donors (Lipinski definition) is 0. The first-order valence-electron chi connectivity index (χ1n) is 4.48. The zero-order valence-electron chi connectivity index (χ0n) is 7.85. The largest absolute Gasteiger partial charge is 0.298 e. The van der Waals surface area contributed by atoms with Crippen molar-refractivity contribution in [3.63, 3.8) is 0 Å². The lowest BCUT2D eigenvalue weighted by Gasteiger charge is -2.05. The molecular weight excluding hydrogens is 254 g/mol. The van der Waals surface area contributed by atoms with Gasteiger partial charge in [0.1, 0.15) is 0 Å². The molecule has 0 fully saturated rings. The van der Waals surface area contributed by atoms with Gasteiger partial charge < -0.3 is 0 Å². The van der Waals surface area contributed by atoms with Crippen molar-refractivity contribution in [2.24, 2.45) is 0 Å². The molecule has 3 heteroatoms.